The lowest BCUT2D eigenvalue weighted by Crippen LogP contribution is -2.17. The Hall–Kier alpha value is -3.22. The molecule has 118 valence electrons. The molecule has 7 nitrogen and oxygen atoms in total. The first kappa shape index (κ1) is 16.2. The van der Waals surface area contributed by atoms with Gasteiger partial charge >= 0.3 is 5.97 Å². The molecule has 0 aromatic heterocycles. The molecule has 0 atom stereocenters. The lowest BCUT2D eigenvalue weighted by atomic mass is 10.1. The SMILES string of the molecule is CC(=O)c1ccc(OC(=O)COc2ccc([N+](=O)[O-])cc2)cc1. The number of carbonyl (C=O) groups is 2. The number of hydrogen-bond donors (Lipinski definition) is 0. The van der Waals surface area contributed by atoms with E-state index < -0.39 is 10.9 Å². The Morgan fingerprint density at radius 3 is 2.09 bits per heavy atom. The second-order valence-corrected chi connectivity index (χ2v) is 4.59. The summed E-state index contributed by atoms with van der Waals surface area (Å²) in [5, 5.41) is 10.5. The van der Waals surface area contributed by atoms with Gasteiger partial charge in [0.25, 0.3) is 5.69 Å². The van der Waals surface area contributed by atoms with Crippen molar-refractivity contribution in [2.45, 2.75) is 6.92 Å². The molecule has 2 rings (SSSR count). The number of hydrogen-bond acceptors (Lipinski definition) is 6. The van der Waals surface area contributed by atoms with E-state index in [9.17, 15) is 19.7 Å². The lowest BCUT2D eigenvalue weighted by Gasteiger charge is -2.07. The van der Waals surface area contributed by atoms with Gasteiger partial charge in [0.15, 0.2) is 12.4 Å². The van der Waals surface area contributed by atoms with Crippen LogP contribution in [0.2, 0.25) is 0 Å². The summed E-state index contributed by atoms with van der Waals surface area (Å²) < 4.78 is 10.2. The Bertz CT molecular complexity index is 721. The van der Waals surface area contributed by atoms with Gasteiger partial charge in [-0.3, -0.25) is 14.9 Å². The molecule has 0 aliphatic heterocycles. The van der Waals surface area contributed by atoms with Crippen molar-refractivity contribution in [3.63, 3.8) is 0 Å². The lowest BCUT2D eigenvalue weighted by molar-refractivity contribution is -0.384. The van der Waals surface area contributed by atoms with E-state index in [4.69, 9.17) is 9.47 Å². The highest BCUT2D eigenvalue weighted by atomic mass is 16.6. The van der Waals surface area contributed by atoms with Crippen LogP contribution in [0.15, 0.2) is 48.5 Å². The predicted molar refractivity (Wildman–Crippen MR) is 80.7 cm³/mol. The average Bonchev–Trinajstić information content (AvgIpc) is 2.54. The van der Waals surface area contributed by atoms with E-state index in [-0.39, 0.29) is 18.1 Å². The monoisotopic (exact) mass is 315 g/mol. The van der Waals surface area contributed by atoms with Crippen molar-refractivity contribution in [3.8, 4) is 11.5 Å². The van der Waals surface area contributed by atoms with E-state index in [2.05, 4.69) is 0 Å². The summed E-state index contributed by atoms with van der Waals surface area (Å²) in [6.45, 7) is 1.10. The smallest absolute Gasteiger partial charge is 0.349 e. The van der Waals surface area contributed by atoms with Crippen LogP contribution in [0.25, 0.3) is 0 Å². The maximum Gasteiger partial charge on any atom is 0.349 e. The normalized spacial score (nSPS) is 9.96. The molecule has 23 heavy (non-hydrogen) atoms. The number of ether oxygens (including phenoxy) is 2. The summed E-state index contributed by atoms with van der Waals surface area (Å²) in [6, 6.07) is 11.5. The molecule has 0 spiro atoms. The standard InChI is InChI=1S/C16H13NO6/c1-11(18)12-2-6-15(7-3-12)23-16(19)10-22-14-8-4-13(5-9-14)17(20)21/h2-9H,10H2,1H3. The summed E-state index contributed by atoms with van der Waals surface area (Å²) in [4.78, 5) is 32.8. The summed E-state index contributed by atoms with van der Waals surface area (Å²) in [7, 11) is 0. The van der Waals surface area contributed by atoms with Crippen LogP contribution in [-0.2, 0) is 4.79 Å². The summed E-state index contributed by atoms with van der Waals surface area (Å²) in [5.74, 6) is -0.0879. The number of rotatable bonds is 6. The number of ketones is 1. The van der Waals surface area contributed by atoms with Gasteiger partial charge in [-0.2, -0.15) is 0 Å². The van der Waals surface area contributed by atoms with Crippen LogP contribution < -0.4 is 9.47 Å². The van der Waals surface area contributed by atoms with Crippen molar-refractivity contribution < 1.29 is 24.0 Å². The number of benzene rings is 2. The fraction of sp³-hybridized carbons (Fsp3) is 0.125. The largest absolute Gasteiger partial charge is 0.482 e. The maximum absolute atomic E-state index is 11.7. The number of Topliss-reactive ketones (excluding diaryl/α,β-unsaturated/α-hetero) is 1. The molecule has 0 fully saturated rings. The van der Waals surface area contributed by atoms with Gasteiger partial charge in [0.05, 0.1) is 4.92 Å². The molecule has 0 heterocycles. The van der Waals surface area contributed by atoms with Gasteiger partial charge in [-0.05, 0) is 43.3 Å². The number of carbonyl (C=O) groups excluding carboxylic acids is 2. The van der Waals surface area contributed by atoms with Crippen LogP contribution in [0.3, 0.4) is 0 Å². The Kier molecular flexibility index (Phi) is 5.03. The Morgan fingerprint density at radius 1 is 1.00 bits per heavy atom. The van der Waals surface area contributed by atoms with Crippen LogP contribution in [0.1, 0.15) is 17.3 Å². The Labute approximate surface area is 131 Å². The van der Waals surface area contributed by atoms with Gasteiger partial charge in [-0.1, -0.05) is 0 Å². The quantitative estimate of drug-likeness (QED) is 0.267. The highest BCUT2D eigenvalue weighted by Crippen LogP contribution is 2.17. The van der Waals surface area contributed by atoms with Gasteiger partial charge in [0.1, 0.15) is 11.5 Å². The maximum atomic E-state index is 11.7. The Morgan fingerprint density at radius 2 is 1.57 bits per heavy atom. The molecule has 0 radical (unpaired) electrons. The predicted octanol–water partition coefficient (Wildman–Crippen LogP) is 2.78. The van der Waals surface area contributed by atoms with Crippen LogP contribution in [0.4, 0.5) is 5.69 Å². The third-order valence-electron chi connectivity index (χ3n) is 2.90. The minimum Gasteiger partial charge on any atom is -0.482 e. The average molecular weight is 315 g/mol. The molecular formula is C16H13NO6. The Balaban J connectivity index is 1.87. The minimum absolute atomic E-state index is 0.0644. The summed E-state index contributed by atoms with van der Waals surface area (Å²) in [5.41, 5.74) is 0.456. The number of nitro groups is 1. The topological polar surface area (TPSA) is 95.7 Å². The summed E-state index contributed by atoms with van der Waals surface area (Å²) >= 11 is 0. The van der Waals surface area contributed by atoms with E-state index >= 15 is 0 Å². The van der Waals surface area contributed by atoms with Gasteiger partial charge in [0.2, 0.25) is 0 Å². The van der Waals surface area contributed by atoms with Crippen molar-refractivity contribution in [1.29, 1.82) is 0 Å². The van der Waals surface area contributed by atoms with Crippen LogP contribution in [-0.4, -0.2) is 23.3 Å². The van der Waals surface area contributed by atoms with E-state index in [1.165, 1.54) is 43.3 Å². The first-order valence-corrected chi connectivity index (χ1v) is 6.64. The van der Waals surface area contributed by atoms with Gasteiger partial charge in [-0.25, -0.2) is 4.79 Å². The molecular weight excluding hydrogens is 302 g/mol. The van der Waals surface area contributed by atoms with Crippen LogP contribution >= 0.6 is 0 Å². The van der Waals surface area contributed by atoms with Gasteiger partial charge in [0, 0.05) is 17.7 Å². The number of nitrogens with zero attached hydrogens (tertiary/aromatic N) is 1. The molecule has 0 aliphatic rings. The number of nitro benzene ring substituents is 1. The first-order valence-electron chi connectivity index (χ1n) is 6.64. The van der Waals surface area contributed by atoms with Gasteiger partial charge in [-0.15, -0.1) is 0 Å². The van der Waals surface area contributed by atoms with Crippen LogP contribution in [0.5, 0.6) is 11.5 Å². The highest BCUT2D eigenvalue weighted by Gasteiger charge is 2.09. The van der Waals surface area contributed by atoms with Crippen molar-refractivity contribution in [3.05, 3.63) is 64.2 Å². The zero-order valence-electron chi connectivity index (χ0n) is 12.2. The fourth-order valence-electron chi connectivity index (χ4n) is 1.72. The molecule has 7 heteroatoms. The van der Waals surface area contributed by atoms with Crippen LogP contribution in [0, 0.1) is 10.1 Å². The zero-order valence-corrected chi connectivity index (χ0v) is 12.2. The molecule has 0 N–H and O–H groups in total. The van der Waals surface area contributed by atoms with Crippen molar-refractivity contribution in [2.24, 2.45) is 0 Å². The zero-order chi connectivity index (χ0) is 16.8. The summed E-state index contributed by atoms with van der Waals surface area (Å²) in [6.07, 6.45) is 0. The van der Waals surface area contributed by atoms with Gasteiger partial charge < -0.3 is 9.47 Å². The van der Waals surface area contributed by atoms with Crippen molar-refractivity contribution in [1.82, 2.24) is 0 Å². The molecule has 0 unspecified atom stereocenters. The molecule has 0 saturated carbocycles. The minimum atomic E-state index is -0.626. The van der Waals surface area contributed by atoms with E-state index in [0.29, 0.717) is 17.1 Å². The number of esters is 1. The molecule has 2 aromatic carbocycles. The third kappa shape index (κ3) is 4.63. The van der Waals surface area contributed by atoms with E-state index in [1.54, 1.807) is 12.1 Å². The molecule has 0 saturated heterocycles. The van der Waals surface area contributed by atoms with E-state index in [0.717, 1.165) is 0 Å². The third-order valence-corrected chi connectivity index (χ3v) is 2.90. The molecule has 2 aromatic rings. The molecule has 0 aliphatic carbocycles. The highest BCUT2D eigenvalue weighted by molar-refractivity contribution is 5.94. The molecule has 0 amide bonds. The van der Waals surface area contributed by atoms with Crippen molar-refractivity contribution >= 4 is 17.4 Å². The van der Waals surface area contributed by atoms with E-state index in [1.807, 2.05) is 0 Å². The number of non-ortho nitro benzene ring substituents is 1. The second kappa shape index (κ2) is 7.17. The fourth-order valence-corrected chi connectivity index (χ4v) is 1.72. The van der Waals surface area contributed by atoms with Crippen molar-refractivity contribution in [2.75, 3.05) is 6.61 Å². The first-order chi connectivity index (χ1) is 11.0. The second-order valence-electron chi connectivity index (χ2n) is 4.59. The molecule has 0 bridgehead atoms.